The van der Waals surface area contributed by atoms with Gasteiger partial charge in [0.25, 0.3) is 11.5 Å². The van der Waals surface area contributed by atoms with E-state index in [0.29, 0.717) is 12.1 Å². The second-order valence-electron chi connectivity index (χ2n) is 10.7. The molecule has 1 aliphatic rings. The number of carbonyl (C=O) groups excluding carboxylic acids is 1. The molecule has 2 unspecified atom stereocenters. The summed E-state index contributed by atoms with van der Waals surface area (Å²) in [6.07, 6.45) is -26.5. The van der Waals surface area contributed by atoms with E-state index in [1.165, 1.54) is 44.2 Å². The highest BCUT2D eigenvalue weighted by Gasteiger charge is 2.89. The van der Waals surface area contributed by atoms with Gasteiger partial charge in [-0.1, -0.05) is 36.4 Å². The van der Waals surface area contributed by atoms with Gasteiger partial charge in [0.1, 0.15) is 11.6 Å². The highest BCUT2D eigenvalue weighted by Crippen LogP contribution is 2.59. The molecule has 0 aliphatic carbocycles. The normalized spacial score (nSPS) is 17.7. The summed E-state index contributed by atoms with van der Waals surface area (Å²) in [7, 11) is 0. The number of hydrogen-bond donors (Lipinski definition) is 1. The number of benzene rings is 3. The molecular weight excluding hydrogens is 666 g/mol. The Bertz CT molecular complexity index is 1580. The molecule has 0 bridgehead atoms. The lowest BCUT2D eigenvalue weighted by molar-refractivity contribution is -0.292. The number of hydrogen-bond acceptors (Lipinski definition) is 4. The number of nitrogens with one attached hydrogen (secondary N) is 1. The fourth-order valence-corrected chi connectivity index (χ4v) is 4.90. The Morgan fingerprint density at radius 3 is 2.02 bits per heavy atom. The molecule has 1 heterocycles. The van der Waals surface area contributed by atoms with E-state index in [1.807, 2.05) is 5.32 Å². The van der Waals surface area contributed by atoms with Gasteiger partial charge in [-0.3, -0.25) is 4.79 Å². The van der Waals surface area contributed by atoms with E-state index in [1.54, 1.807) is 0 Å². The second-order valence-corrected chi connectivity index (χ2v) is 10.7. The largest absolute Gasteiger partial charge is 0.488 e. The SMILES string of the molecule is CC(C)Oc1cc(C(Cc2ccccc2)(NC(=O)C2OC2(C(F)(F)F)C(F)(F)F)c2cc(F)cc(OC(F)(F)C(F)F)c2)ccc1F. The van der Waals surface area contributed by atoms with Crippen LogP contribution in [0.2, 0.25) is 0 Å². The Balaban J connectivity index is 1.99. The number of halogens is 12. The van der Waals surface area contributed by atoms with E-state index < -0.39 is 89.3 Å². The van der Waals surface area contributed by atoms with E-state index in [4.69, 9.17) is 4.74 Å². The molecule has 1 amide bonds. The molecule has 47 heavy (non-hydrogen) atoms. The van der Waals surface area contributed by atoms with E-state index >= 15 is 4.39 Å². The van der Waals surface area contributed by atoms with E-state index in [0.717, 1.165) is 18.2 Å². The third-order valence-electron chi connectivity index (χ3n) is 7.00. The third-order valence-corrected chi connectivity index (χ3v) is 7.00. The summed E-state index contributed by atoms with van der Waals surface area (Å²) < 4.78 is 179. The van der Waals surface area contributed by atoms with Gasteiger partial charge in [0.2, 0.25) is 0 Å². The molecule has 0 spiro atoms. The molecule has 0 saturated carbocycles. The van der Waals surface area contributed by atoms with Gasteiger partial charge >= 0.3 is 24.9 Å². The van der Waals surface area contributed by atoms with Crippen molar-refractivity contribution in [3.8, 4) is 11.5 Å². The van der Waals surface area contributed by atoms with Crippen LogP contribution in [0.4, 0.5) is 52.7 Å². The third kappa shape index (κ3) is 7.09. The Hall–Kier alpha value is -4.15. The van der Waals surface area contributed by atoms with Crippen molar-refractivity contribution in [2.24, 2.45) is 0 Å². The summed E-state index contributed by atoms with van der Waals surface area (Å²) >= 11 is 0. The molecule has 3 aromatic carbocycles. The molecule has 0 aromatic heterocycles. The van der Waals surface area contributed by atoms with E-state index in [-0.39, 0.29) is 17.2 Å². The van der Waals surface area contributed by atoms with Gasteiger partial charge in [0.05, 0.1) is 11.6 Å². The standard InChI is InChI=1S/C30H23F12NO4/c1-15(2)45-22-12-17(8-9-21(22)32)26(14-16-6-4-3-5-7-16,18-10-19(31)13-20(11-18)46-28(35,36)25(33)34)43-24(44)23-27(47-23,29(37,38)39)30(40,41)42/h3-13,15,23,25H,14H2,1-2H3,(H,43,44). The number of carbonyl (C=O) groups is 1. The fraction of sp³-hybridized carbons (Fsp3) is 0.367. The van der Waals surface area contributed by atoms with Crippen LogP contribution < -0.4 is 14.8 Å². The summed E-state index contributed by atoms with van der Waals surface area (Å²) in [4.78, 5) is 13.4. The van der Waals surface area contributed by atoms with Gasteiger partial charge in [-0.2, -0.15) is 43.9 Å². The van der Waals surface area contributed by atoms with Crippen LogP contribution in [-0.4, -0.2) is 48.6 Å². The second kappa shape index (κ2) is 12.5. The van der Waals surface area contributed by atoms with Gasteiger partial charge in [0.15, 0.2) is 17.7 Å². The molecule has 17 heteroatoms. The Morgan fingerprint density at radius 1 is 0.872 bits per heavy atom. The number of amides is 1. The summed E-state index contributed by atoms with van der Waals surface area (Å²) in [5.74, 6) is -6.32. The predicted octanol–water partition coefficient (Wildman–Crippen LogP) is 7.85. The van der Waals surface area contributed by atoms with Gasteiger partial charge in [-0.15, -0.1) is 0 Å². The first-order valence-corrected chi connectivity index (χ1v) is 13.4. The van der Waals surface area contributed by atoms with Gasteiger partial charge < -0.3 is 19.5 Å². The maximum Gasteiger partial charge on any atom is 0.461 e. The molecule has 2 atom stereocenters. The Morgan fingerprint density at radius 2 is 1.49 bits per heavy atom. The zero-order valence-corrected chi connectivity index (χ0v) is 24.0. The van der Waals surface area contributed by atoms with Crippen molar-refractivity contribution in [3.05, 3.63) is 95.1 Å². The first-order valence-electron chi connectivity index (χ1n) is 13.4. The van der Waals surface area contributed by atoms with Crippen molar-refractivity contribution >= 4 is 5.91 Å². The predicted molar refractivity (Wildman–Crippen MR) is 139 cm³/mol. The lowest BCUT2D eigenvalue weighted by atomic mass is 9.77. The van der Waals surface area contributed by atoms with Crippen molar-refractivity contribution in [2.75, 3.05) is 0 Å². The smallest absolute Gasteiger partial charge is 0.461 e. The lowest BCUT2D eigenvalue weighted by Gasteiger charge is -2.37. The van der Waals surface area contributed by atoms with Crippen LogP contribution in [0.1, 0.15) is 30.5 Å². The highest BCUT2D eigenvalue weighted by atomic mass is 19.4. The van der Waals surface area contributed by atoms with E-state index in [9.17, 15) is 53.1 Å². The Kier molecular flexibility index (Phi) is 9.47. The maximum absolute atomic E-state index is 15.0. The van der Waals surface area contributed by atoms with Gasteiger partial charge in [-0.05, 0) is 54.8 Å². The average molecular weight is 689 g/mol. The summed E-state index contributed by atoms with van der Waals surface area (Å²) in [6.45, 7) is 2.95. The fourth-order valence-electron chi connectivity index (χ4n) is 4.90. The van der Waals surface area contributed by atoms with Crippen LogP contribution >= 0.6 is 0 Å². The molecule has 1 saturated heterocycles. The van der Waals surface area contributed by atoms with Gasteiger partial charge in [0, 0.05) is 12.5 Å². The molecule has 5 nitrogen and oxygen atoms in total. The molecule has 1 aliphatic heterocycles. The van der Waals surface area contributed by atoms with Crippen molar-refractivity contribution in [3.63, 3.8) is 0 Å². The maximum atomic E-state index is 15.0. The number of rotatable bonds is 11. The first kappa shape index (κ1) is 35.7. The van der Waals surface area contributed by atoms with Crippen LogP contribution in [0.25, 0.3) is 0 Å². The lowest BCUT2D eigenvalue weighted by Crippen LogP contribution is -2.55. The number of alkyl halides is 10. The highest BCUT2D eigenvalue weighted by molar-refractivity contribution is 5.87. The molecule has 3 aromatic rings. The van der Waals surface area contributed by atoms with Crippen molar-refractivity contribution < 1.29 is 71.7 Å². The van der Waals surface area contributed by atoms with Crippen molar-refractivity contribution in [1.29, 1.82) is 0 Å². The summed E-state index contributed by atoms with van der Waals surface area (Å²) in [5, 5.41) is 2.01. The molecule has 1 N–H and O–H groups in total. The summed E-state index contributed by atoms with van der Waals surface area (Å²) in [6, 6.07) is 11.0. The van der Waals surface area contributed by atoms with Crippen LogP contribution in [-0.2, 0) is 21.5 Å². The van der Waals surface area contributed by atoms with Gasteiger partial charge in [-0.25, -0.2) is 8.78 Å². The molecule has 1 fully saturated rings. The first-order chi connectivity index (χ1) is 21.6. The minimum Gasteiger partial charge on any atom is -0.488 e. The van der Waals surface area contributed by atoms with Crippen LogP contribution in [0, 0.1) is 11.6 Å². The minimum absolute atomic E-state index is 0.169. The number of epoxide rings is 1. The molecule has 256 valence electrons. The minimum atomic E-state index is -6.15. The zero-order valence-electron chi connectivity index (χ0n) is 24.0. The summed E-state index contributed by atoms with van der Waals surface area (Å²) in [5.41, 5.74) is -8.37. The average Bonchev–Trinajstić information content (AvgIpc) is 3.72. The van der Waals surface area contributed by atoms with E-state index in [2.05, 4.69) is 9.47 Å². The molecule has 4 rings (SSSR count). The molecular formula is C30H23F12NO4. The molecule has 0 radical (unpaired) electrons. The monoisotopic (exact) mass is 689 g/mol. The Labute approximate surface area is 258 Å². The van der Waals surface area contributed by atoms with Crippen LogP contribution in [0.3, 0.4) is 0 Å². The van der Waals surface area contributed by atoms with Crippen molar-refractivity contribution in [1.82, 2.24) is 5.32 Å². The quantitative estimate of drug-likeness (QED) is 0.165. The van der Waals surface area contributed by atoms with Crippen molar-refractivity contribution in [2.45, 2.75) is 68.5 Å². The number of ether oxygens (including phenoxy) is 3. The van der Waals surface area contributed by atoms with Crippen LogP contribution in [0.5, 0.6) is 11.5 Å². The topological polar surface area (TPSA) is 60.1 Å². The zero-order chi connectivity index (χ0) is 35.2. The van der Waals surface area contributed by atoms with Crippen LogP contribution in [0.15, 0.2) is 66.7 Å².